The Hall–Kier alpha value is -2.54. The van der Waals surface area contributed by atoms with E-state index in [1.807, 2.05) is 0 Å². The molecule has 1 heterocycles. The third-order valence-electron chi connectivity index (χ3n) is 2.62. The second-order valence-corrected chi connectivity index (χ2v) is 4.59. The van der Waals surface area contributed by atoms with Crippen LogP contribution in [0, 0.1) is 0 Å². The zero-order chi connectivity index (χ0) is 15.2. The van der Waals surface area contributed by atoms with Gasteiger partial charge in [-0.1, -0.05) is 17.7 Å². The fraction of sp³-hybridized carbons (Fsp3) is 0.154. The van der Waals surface area contributed by atoms with Crippen molar-refractivity contribution in [1.29, 1.82) is 0 Å². The van der Waals surface area contributed by atoms with Gasteiger partial charge in [0.2, 0.25) is 0 Å². The monoisotopic (exact) mass is 308 g/mol. The second-order valence-electron chi connectivity index (χ2n) is 4.15. The Labute approximate surface area is 125 Å². The molecule has 0 unspecified atom stereocenters. The summed E-state index contributed by atoms with van der Waals surface area (Å²) in [6.45, 7) is -0.299. The van der Waals surface area contributed by atoms with Crippen LogP contribution >= 0.6 is 11.6 Å². The predicted octanol–water partition coefficient (Wildman–Crippen LogP) is 1.86. The average Bonchev–Trinajstić information content (AvgIpc) is 2.95. The fourth-order valence-electron chi connectivity index (χ4n) is 1.71. The highest BCUT2D eigenvalue weighted by atomic mass is 35.5. The molecule has 0 saturated carbocycles. The van der Waals surface area contributed by atoms with Gasteiger partial charge in [-0.2, -0.15) is 0 Å². The number of nitrogens with one attached hydrogen (secondary N) is 2. The molecule has 2 aromatic rings. The molecule has 8 heteroatoms. The lowest BCUT2D eigenvalue weighted by Crippen LogP contribution is -2.42. The maximum Gasteiger partial charge on any atom is 0.323 e. The summed E-state index contributed by atoms with van der Waals surface area (Å²) in [5.74, 6) is -0.548. The molecule has 7 nitrogen and oxygen atoms in total. The van der Waals surface area contributed by atoms with Crippen molar-refractivity contribution >= 4 is 29.3 Å². The Bertz CT molecular complexity index is 630. The topological polar surface area (TPSA) is 98.3 Å². The number of H-pyrrole nitrogens is 1. The molecule has 3 N–H and O–H groups in total. The lowest BCUT2D eigenvalue weighted by molar-refractivity contribution is -0.135. The molecule has 0 aliphatic rings. The number of urea groups is 1. The van der Waals surface area contributed by atoms with Crippen molar-refractivity contribution in [1.82, 2.24) is 15.3 Å². The minimum Gasteiger partial charge on any atom is -0.480 e. The van der Waals surface area contributed by atoms with Crippen molar-refractivity contribution in [2.24, 2.45) is 0 Å². The van der Waals surface area contributed by atoms with E-state index in [1.165, 1.54) is 6.07 Å². The molecule has 2 amide bonds. The maximum atomic E-state index is 12.2. The number of halogens is 1. The number of carbonyl (C=O) groups is 2. The van der Waals surface area contributed by atoms with Crippen molar-refractivity contribution in [3.8, 4) is 0 Å². The van der Waals surface area contributed by atoms with Gasteiger partial charge < -0.3 is 15.4 Å². The number of hydrogen-bond acceptors (Lipinski definition) is 3. The summed E-state index contributed by atoms with van der Waals surface area (Å²) in [7, 11) is 0. The molecule has 2 rings (SSSR count). The number of hydrogen-bond donors (Lipinski definition) is 3. The van der Waals surface area contributed by atoms with Gasteiger partial charge in [0.05, 0.1) is 6.54 Å². The minimum atomic E-state index is -1.12. The van der Waals surface area contributed by atoms with E-state index < -0.39 is 18.5 Å². The van der Waals surface area contributed by atoms with Crippen LogP contribution in [-0.2, 0) is 11.3 Å². The Morgan fingerprint density at radius 2 is 2.24 bits per heavy atom. The van der Waals surface area contributed by atoms with Crippen LogP contribution in [0.5, 0.6) is 0 Å². The zero-order valence-corrected chi connectivity index (χ0v) is 11.7. The number of rotatable bonds is 5. The van der Waals surface area contributed by atoms with Crippen LogP contribution in [0.25, 0.3) is 0 Å². The average molecular weight is 309 g/mol. The van der Waals surface area contributed by atoms with E-state index in [2.05, 4.69) is 15.3 Å². The summed E-state index contributed by atoms with van der Waals surface area (Å²) < 4.78 is 0. The molecular weight excluding hydrogens is 296 g/mol. The Kier molecular flexibility index (Phi) is 4.78. The normalized spacial score (nSPS) is 10.1. The Morgan fingerprint density at radius 3 is 2.86 bits per heavy atom. The summed E-state index contributed by atoms with van der Waals surface area (Å²) >= 11 is 5.87. The zero-order valence-electron chi connectivity index (χ0n) is 10.9. The number of anilines is 1. The molecular formula is C13H13ClN4O3. The highest BCUT2D eigenvalue weighted by molar-refractivity contribution is 6.30. The van der Waals surface area contributed by atoms with Gasteiger partial charge in [-0.05, 0) is 18.2 Å². The van der Waals surface area contributed by atoms with E-state index >= 15 is 0 Å². The molecule has 0 atom stereocenters. The molecule has 0 spiro atoms. The van der Waals surface area contributed by atoms with Crippen molar-refractivity contribution in [2.75, 3.05) is 11.4 Å². The van der Waals surface area contributed by atoms with Crippen molar-refractivity contribution in [3.63, 3.8) is 0 Å². The number of aromatic amines is 1. The van der Waals surface area contributed by atoms with Crippen LogP contribution in [0.4, 0.5) is 10.5 Å². The molecule has 0 radical (unpaired) electrons. The van der Waals surface area contributed by atoms with Gasteiger partial charge in [0, 0.05) is 23.1 Å². The lowest BCUT2D eigenvalue weighted by Gasteiger charge is -2.21. The Balaban J connectivity index is 2.11. The van der Waals surface area contributed by atoms with E-state index in [4.69, 9.17) is 16.7 Å². The molecule has 0 aliphatic heterocycles. The number of imidazole rings is 1. The predicted molar refractivity (Wildman–Crippen MR) is 77.3 cm³/mol. The number of carbonyl (C=O) groups excluding carboxylic acids is 1. The largest absolute Gasteiger partial charge is 0.480 e. The van der Waals surface area contributed by atoms with E-state index in [9.17, 15) is 9.59 Å². The molecule has 1 aromatic carbocycles. The van der Waals surface area contributed by atoms with E-state index in [-0.39, 0.29) is 6.54 Å². The van der Waals surface area contributed by atoms with Gasteiger partial charge in [0.1, 0.15) is 12.4 Å². The van der Waals surface area contributed by atoms with Gasteiger partial charge in [0.25, 0.3) is 0 Å². The van der Waals surface area contributed by atoms with E-state index in [1.54, 1.807) is 30.6 Å². The molecule has 0 saturated heterocycles. The van der Waals surface area contributed by atoms with Crippen LogP contribution in [0.1, 0.15) is 5.82 Å². The van der Waals surface area contributed by atoms with Crippen molar-refractivity contribution in [3.05, 3.63) is 47.5 Å². The van der Waals surface area contributed by atoms with Crippen molar-refractivity contribution in [2.45, 2.75) is 6.54 Å². The standard InChI is InChI=1S/C13H13ClN4O3/c14-9-2-1-3-10(6-9)18(8-12(19)20)13(21)17-7-11-15-4-5-16-11/h1-6H,7-8H2,(H,15,16)(H,17,21)(H,19,20). The van der Waals surface area contributed by atoms with Crippen molar-refractivity contribution < 1.29 is 14.7 Å². The lowest BCUT2D eigenvalue weighted by atomic mass is 10.3. The number of nitrogens with zero attached hydrogens (tertiary/aromatic N) is 2. The van der Waals surface area contributed by atoms with Crippen LogP contribution in [0.15, 0.2) is 36.7 Å². The third-order valence-corrected chi connectivity index (χ3v) is 2.86. The number of aromatic nitrogens is 2. The summed E-state index contributed by atoms with van der Waals surface area (Å²) in [5.41, 5.74) is 0.404. The van der Waals surface area contributed by atoms with Gasteiger partial charge >= 0.3 is 12.0 Å². The summed E-state index contributed by atoms with van der Waals surface area (Å²) in [6, 6.07) is 5.88. The first-order valence-electron chi connectivity index (χ1n) is 6.07. The van der Waals surface area contributed by atoms with Gasteiger partial charge in [0.15, 0.2) is 0 Å². The first kappa shape index (κ1) is 14.9. The highest BCUT2D eigenvalue weighted by Gasteiger charge is 2.19. The SMILES string of the molecule is O=C(O)CN(C(=O)NCc1ncc[nH]1)c1cccc(Cl)c1. The first-order valence-corrected chi connectivity index (χ1v) is 6.45. The molecule has 110 valence electrons. The fourth-order valence-corrected chi connectivity index (χ4v) is 1.89. The molecule has 21 heavy (non-hydrogen) atoms. The van der Waals surface area contributed by atoms with Crippen LogP contribution < -0.4 is 10.2 Å². The maximum absolute atomic E-state index is 12.2. The number of carboxylic acid groups (broad SMARTS) is 1. The second kappa shape index (κ2) is 6.76. The molecule has 0 fully saturated rings. The molecule has 1 aromatic heterocycles. The van der Waals surface area contributed by atoms with Gasteiger partial charge in [-0.3, -0.25) is 9.69 Å². The molecule has 0 bridgehead atoms. The third kappa shape index (κ3) is 4.22. The van der Waals surface area contributed by atoms with E-state index in [0.29, 0.717) is 16.5 Å². The van der Waals surface area contributed by atoms with Gasteiger partial charge in [-0.25, -0.2) is 9.78 Å². The highest BCUT2D eigenvalue weighted by Crippen LogP contribution is 2.19. The number of carboxylic acids is 1. The smallest absolute Gasteiger partial charge is 0.323 e. The summed E-state index contributed by atoms with van der Waals surface area (Å²) in [4.78, 5) is 31.0. The molecule has 0 aliphatic carbocycles. The number of aliphatic carboxylic acids is 1. The van der Waals surface area contributed by atoms with Crippen LogP contribution in [0.3, 0.4) is 0 Å². The number of benzene rings is 1. The number of amides is 2. The first-order chi connectivity index (χ1) is 10.1. The quantitative estimate of drug-likeness (QED) is 0.785. The van der Waals surface area contributed by atoms with Crippen LogP contribution in [-0.4, -0.2) is 33.6 Å². The van der Waals surface area contributed by atoms with Crippen LogP contribution in [0.2, 0.25) is 5.02 Å². The minimum absolute atomic E-state index is 0.169. The Morgan fingerprint density at radius 1 is 1.43 bits per heavy atom. The van der Waals surface area contributed by atoms with E-state index in [0.717, 1.165) is 4.90 Å². The van der Waals surface area contributed by atoms with Gasteiger partial charge in [-0.15, -0.1) is 0 Å². The summed E-state index contributed by atoms with van der Waals surface area (Å²) in [6.07, 6.45) is 3.20. The summed E-state index contributed by atoms with van der Waals surface area (Å²) in [5, 5.41) is 12.0.